The van der Waals surface area contributed by atoms with Crippen LogP contribution < -0.4 is 10.2 Å². The molecule has 0 bridgehead atoms. The van der Waals surface area contributed by atoms with Crippen LogP contribution >= 0.6 is 11.8 Å². The van der Waals surface area contributed by atoms with Crippen molar-refractivity contribution in [3.05, 3.63) is 24.3 Å². The molecule has 1 aromatic rings. The number of fused-ring (bicyclic) bond motifs is 1. The van der Waals surface area contributed by atoms with Crippen molar-refractivity contribution in [2.24, 2.45) is 0 Å². The number of rotatable bonds is 5. The van der Waals surface area contributed by atoms with Gasteiger partial charge in [0, 0.05) is 17.9 Å². The van der Waals surface area contributed by atoms with Crippen LogP contribution in [0.5, 0.6) is 0 Å². The highest BCUT2D eigenvalue weighted by atomic mass is 32.2. The first-order valence-corrected chi connectivity index (χ1v) is 7.74. The third-order valence-electron chi connectivity index (χ3n) is 2.58. The highest BCUT2D eigenvalue weighted by molar-refractivity contribution is 7.99. The second kappa shape index (κ2) is 6.21. The monoisotopic (exact) mass is 286 g/mol. The number of carbonyl (C=O) groups excluding carboxylic acids is 1. The van der Waals surface area contributed by atoms with Crippen LogP contribution in [0.25, 0.3) is 0 Å². The van der Waals surface area contributed by atoms with E-state index in [2.05, 4.69) is 16.3 Å². The molecule has 1 aromatic carbocycles. The number of thioether (sulfide) groups is 1. The van der Waals surface area contributed by atoms with Gasteiger partial charge in [0.15, 0.2) is 11.1 Å². The molecule has 1 amide bonds. The summed E-state index contributed by atoms with van der Waals surface area (Å²) in [4.78, 5) is 14.8. The molecule has 1 aliphatic rings. The maximum absolute atomic E-state index is 11.4. The Morgan fingerprint density at radius 3 is 3.06 bits per heavy atom. The van der Waals surface area contributed by atoms with Gasteiger partial charge >= 0.3 is 0 Å². The Morgan fingerprint density at radius 2 is 2.28 bits per heavy atom. The predicted octanol–water partition coefficient (Wildman–Crippen LogP) is 1.24. The Labute approximate surface area is 112 Å². The van der Waals surface area contributed by atoms with Crippen molar-refractivity contribution in [1.82, 2.24) is 5.32 Å². The lowest BCUT2D eigenvalue weighted by Gasteiger charge is -2.17. The van der Waals surface area contributed by atoms with E-state index >= 15 is 0 Å². The molecule has 1 atom stereocenters. The number of nitrogens with zero attached hydrogens (tertiary/aromatic N) is 1. The van der Waals surface area contributed by atoms with Gasteiger partial charge in [0.25, 0.3) is 0 Å². The first-order chi connectivity index (χ1) is 8.66. The van der Waals surface area contributed by atoms with Gasteiger partial charge in [-0.3, -0.25) is 4.79 Å². The van der Waals surface area contributed by atoms with E-state index in [0.717, 1.165) is 11.6 Å². The zero-order valence-electron chi connectivity index (χ0n) is 9.67. The summed E-state index contributed by atoms with van der Waals surface area (Å²) in [6.45, 7) is 0.619. The second-order valence-electron chi connectivity index (χ2n) is 3.82. The van der Waals surface area contributed by atoms with Gasteiger partial charge in [-0.15, -0.1) is 11.8 Å². The van der Waals surface area contributed by atoms with Crippen molar-refractivity contribution in [3.63, 3.8) is 0 Å². The summed E-state index contributed by atoms with van der Waals surface area (Å²) >= 11 is -0.226. The molecule has 7 heteroatoms. The van der Waals surface area contributed by atoms with Crippen molar-refractivity contribution in [2.45, 2.75) is 11.3 Å². The van der Waals surface area contributed by atoms with Crippen LogP contribution in [0.3, 0.4) is 0 Å². The van der Waals surface area contributed by atoms with Gasteiger partial charge in [0.2, 0.25) is 5.91 Å². The van der Waals surface area contributed by atoms with Gasteiger partial charge in [0.1, 0.15) is 5.88 Å². The second-order valence-corrected chi connectivity index (χ2v) is 5.74. The molecule has 0 radical (unpaired) electrons. The normalized spacial score (nSPS) is 15.3. The molecule has 0 saturated heterocycles. The number of hydrogen-bond acceptors (Lipinski definition) is 4. The van der Waals surface area contributed by atoms with Gasteiger partial charge in [0.05, 0.1) is 11.6 Å². The Balaban J connectivity index is 1.82. The van der Waals surface area contributed by atoms with Gasteiger partial charge < -0.3 is 14.8 Å². The number of para-hydroxylation sites is 1. The van der Waals surface area contributed by atoms with Gasteiger partial charge in [-0.2, -0.15) is 0 Å². The maximum Gasteiger partial charge on any atom is 0.222 e. The number of anilines is 1. The molecule has 1 aliphatic heterocycles. The SMILES string of the molecule is O=C(CCN1CSc2ccccc21)NCS(=O)O. The maximum atomic E-state index is 11.4. The molecule has 0 fully saturated rings. The van der Waals surface area contributed by atoms with Crippen LogP contribution in [0.4, 0.5) is 5.69 Å². The fourth-order valence-electron chi connectivity index (χ4n) is 1.71. The van der Waals surface area contributed by atoms with Crippen molar-refractivity contribution in [2.75, 3.05) is 23.2 Å². The molecule has 98 valence electrons. The largest absolute Gasteiger partial charge is 0.360 e. The predicted molar refractivity (Wildman–Crippen MR) is 72.9 cm³/mol. The Morgan fingerprint density at radius 1 is 1.50 bits per heavy atom. The van der Waals surface area contributed by atoms with E-state index in [1.807, 2.05) is 18.2 Å². The molecular formula is C11H14N2O3S2. The van der Waals surface area contributed by atoms with Crippen LogP contribution in [-0.4, -0.2) is 33.0 Å². The molecule has 0 saturated carbocycles. The molecular weight excluding hydrogens is 272 g/mol. The lowest BCUT2D eigenvalue weighted by molar-refractivity contribution is -0.120. The first kappa shape index (κ1) is 13.4. The summed E-state index contributed by atoms with van der Waals surface area (Å²) in [7, 11) is 0. The fourth-order valence-corrected chi connectivity index (χ4v) is 3.08. The van der Waals surface area contributed by atoms with E-state index in [0.29, 0.717) is 13.0 Å². The Kier molecular flexibility index (Phi) is 4.62. The average molecular weight is 286 g/mol. The van der Waals surface area contributed by atoms with Crippen LogP contribution in [-0.2, 0) is 15.9 Å². The summed E-state index contributed by atoms with van der Waals surface area (Å²) in [6.07, 6.45) is 0.325. The zero-order valence-corrected chi connectivity index (χ0v) is 11.3. The topological polar surface area (TPSA) is 69.6 Å². The number of hydrogen-bond donors (Lipinski definition) is 2. The summed E-state index contributed by atoms with van der Waals surface area (Å²) in [6, 6.07) is 8.08. The van der Waals surface area contributed by atoms with Crippen molar-refractivity contribution < 1.29 is 13.6 Å². The molecule has 2 N–H and O–H groups in total. The summed E-state index contributed by atoms with van der Waals surface area (Å²) in [5.41, 5.74) is 1.15. The number of benzene rings is 1. The number of amides is 1. The quantitative estimate of drug-likeness (QED) is 0.797. The standard InChI is InChI=1S/C11H14N2O3S2/c14-11(12-7-18(15)16)5-6-13-8-17-10-4-2-1-3-9(10)13/h1-4H,5-8H2,(H,12,14)(H,15,16). The third-order valence-corrected chi connectivity index (χ3v) is 4.07. The Bertz CT molecular complexity index is 467. The van der Waals surface area contributed by atoms with Crippen LogP contribution in [0.15, 0.2) is 29.2 Å². The minimum Gasteiger partial charge on any atom is -0.360 e. The van der Waals surface area contributed by atoms with Gasteiger partial charge in [-0.1, -0.05) is 12.1 Å². The van der Waals surface area contributed by atoms with Gasteiger partial charge in [-0.05, 0) is 12.1 Å². The van der Waals surface area contributed by atoms with Crippen LogP contribution in [0.2, 0.25) is 0 Å². The summed E-state index contributed by atoms with van der Waals surface area (Å²) < 4.78 is 19.0. The van der Waals surface area contributed by atoms with E-state index in [-0.39, 0.29) is 11.8 Å². The van der Waals surface area contributed by atoms with E-state index < -0.39 is 11.1 Å². The van der Waals surface area contributed by atoms with E-state index in [1.54, 1.807) is 11.8 Å². The van der Waals surface area contributed by atoms with Crippen molar-refractivity contribution >= 4 is 34.4 Å². The molecule has 1 unspecified atom stereocenters. The summed E-state index contributed by atoms with van der Waals surface area (Å²) in [5.74, 6) is 0.440. The van der Waals surface area contributed by atoms with Gasteiger partial charge in [-0.25, -0.2) is 4.21 Å². The minimum absolute atomic E-state index is 0.202. The first-order valence-electron chi connectivity index (χ1n) is 5.48. The molecule has 0 aromatic heterocycles. The lowest BCUT2D eigenvalue weighted by atomic mass is 10.3. The average Bonchev–Trinajstić information content (AvgIpc) is 2.77. The highest BCUT2D eigenvalue weighted by Gasteiger charge is 2.19. The van der Waals surface area contributed by atoms with Crippen LogP contribution in [0.1, 0.15) is 6.42 Å². The molecule has 5 nitrogen and oxygen atoms in total. The fraction of sp³-hybridized carbons (Fsp3) is 0.364. The van der Waals surface area contributed by atoms with Crippen LogP contribution in [0, 0.1) is 0 Å². The molecule has 2 rings (SSSR count). The smallest absolute Gasteiger partial charge is 0.222 e. The van der Waals surface area contributed by atoms with Crippen molar-refractivity contribution in [3.8, 4) is 0 Å². The van der Waals surface area contributed by atoms with E-state index in [4.69, 9.17) is 4.55 Å². The number of carbonyl (C=O) groups is 1. The summed E-state index contributed by atoms with van der Waals surface area (Å²) in [5, 5.41) is 2.41. The Hall–Kier alpha value is -1.05. The van der Waals surface area contributed by atoms with E-state index in [9.17, 15) is 9.00 Å². The zero-order chi connectivity index (χ0) is 13.0. The van der Waals surface area contributed by atoms with Crippen molar-refractivity contribution in [1.29, 1.82) is 0 Å². The van der Waals surface area contributed by atoms with E-state index in [1.165, 1.54) is 4.90 Å². The minimum atomic E-state index is -1.98. The third kappa shape index (κ3) is 3.47. The number of nitrogens with one attached hydrogen (secondary N) is 1. The highest BCUT2D eigenvalue weighted by Crippen LogP contribution is 2.37. The molecule has 0 spiro atoms. The molecule has 0 aliphatic carbocycles. The molecule has 1 heterocycles. The molecule has 18 heavy (non-hydrogen) atoms. The lowest BCUT2D eigenvalue weighted by Crippen LogP contribution is -2.31.